The molecule has 0 saturated heterocycles. The number of hydrogen-bond acceptors (Lipinski definition) is 4. The van der Waals surface area contributed by atoms with Gasteiger partial charge in [-0.15, -0.1) is 0 Å². The number of nitro benzene ring substituents is 1. The van der Waals surface area contributed by atoms with Gasteiger partial charge in [0.25, 0.3) is 5.69 Å². The zero-order valence-corrected chi connectivity index (χ0v) is 10.6. The minimum absolute atomic E-state index is 0.0751. The number of nitro groups is 1. The normalized spacial score (nSPS) is 10.2. The topological polar surface area (TPSA) is 81.2 Å². The third-order valence-corrected chi connectivity index (χ3v) is 2.84. The summed E-state index contributed by atoms with van der Waals surface area (Å²) < 4.78 is 0. The summed E-state index contributed by atoms with van der Waals surface area (Å²) in [7, 11) is 0. The van der Waals surface area contributed by atoms with Crippen LogP contribution in [0.15, 0.2) is 42.5 Å². The molecule has 0 saturated carbocycles. The van der Waals surface area contributed by atoms with Crippen LogP contribution < -0.4 is 11.1 Å². The Morgan fingerprint density at radius 3 is 2.53 bits per heavy atom. The molecule has 5 nitrogen and oxygen atoms in total. The van der Waals surface area contributed by atoms with Crippen molar-refractivity contribution < 1.29 is 4.92 Å². The first kappa shape index (κ1) is 12.9. The van der Waals surface area contributed by atoms with Crippen molar-refractivity contribution in [3.05, 3.63) is 63.7 Å². The molecule has 3 N–H and O–H groups in total. The second-order valence-electron chi connectivity index (χ2n) is 4.37. The van der Waals surface area contributed by atoms with E-state index in [-0.39, 0.29) is 11.4 Å². The molecule has 0 atom stereocenters. The molecule has 98 valence electrons. The van der Waals surface area contributed by atoms with E-state index in [0.717, 1.165) is 5.56 Å². The van der Waals surface area contributed by atoms with Crippen LogP contribution in [0.1, 0.15) is 11.1 Å². The van der Waals surface area contributed by atoms with Gasteiger partial charge in [0.2, 0.25) is 0 Å². The third-order valence-electron chi connectivity index (χ3n) is 2.84. The van der Waals surface area contributed by atoms with Crippen LogP contribution in [0.3, 0.4) is 0 Å². The summed E-state index contributed by atoms with van der Waals surface area (Å²) in [6.07, 6.45) is 0. The van der Waals surface area contributed by atoms with Gasteiger partial charge in [-0.2, -0.15) is 0 Å². The maximum atomic E-state index is 10.8. The molecule has 0 aromatic heterocycles. The minimum atomic E-state index is -0.480. The molecule has 0 heterocycles. The fourth-order valence-electron chi connectivity index (χ4n) is 1.72. The van der Waals surface area contributed by atoms with Crippen molar-refractivity contribution in [2.45, 2.75) is 13.5 Å². The number of nitrogens with one attached hydrogen (secondary N) is 1. The SMILES string of the molecule is Cc1ccc(CNc2ccc(N)c([N+](=O)[O-])c2)cc1. The van der Waals surface area contributed by atoms with Gasteiger partial charge < -0.3 is 11.1 Å². The van der Waals surface area contributed by atoms with E-state index in [1.807, 2.05) is 31.2 Å². The molecule has 0 aliphatic rings. The van der Waals surface area contributed by atoms with Crippen molar-refractivity contribution in [1.82, 2.24) is 0 Å². The Morgan fingerprint density at radius 2 is 1.89 bits per heavy atom. The number of nitrogens with two attached hydrogens (primary N) is 1. The quantitative estimate of drug-likeness (QED) is 0.501. The van der Waals surface area contributed by atoms with Crippen molar-refractivity contribution in [1.29, 1.82) is 0 Å². The molecule has 2 aromatic carbocycles. The van der Waals surface area contributed by atoms with Crippen molar-refractivity contribution in [3.63, 3.8) is 0 Å². The van der Waals surface area contributed by atoms with Gasteiger partial charge >= 0.3 is 0 Å². The monoisotopic (exact) mass is 257 g/mol. The summed E-state index contributed by atoms with van der Waals surface area (Å²) >= 11 is 0. The van der Waals surface area contributed by atoms with E-state index in [1.165, 1.54) is 17.7 Å². The molecule has 19 heavy (non-hydrogen) atoms. The number of benzene rings is 2. The molecule has 2 aromatic rings. The van der Waals surface area contributed by atoms with Crippen LogP contribution in [-0.4, -0.2) is 4.92 Å². The van der Waals surface area contributed by atoms with E-state index < -0.39 is 4.92 Å². The molecular formula is C14H15N3O2. The lowest BCUT2D eigenvalue weighted by Gasteiger charge is -2.07. The predicted molar refractivity (Wildman–Crippen MR) is 76.0 cm³/mol. The lowest BCUT2D eigenvalue weighted by molar-refractivity contribution is -0.383. The Balaban J connectivity index is 2.09. The Bertz CT molecular complexity index is 594. The molecule has 0 radical (unpaired) electrons. The lowest BCUT2D eigenvalue weighted by atomic mass is 10.1. The first-order valence-electron chi connectivity index (χ1n) is 5.89. The molecule has 0 aliphatic heterocycles. The van der Waals surface area contributed by atoms with E-state index in [2.05, 4.69) is 5.32 Å². The number of hydrogen-bond donors (Lipinski definition) is 2. The molecule has 0 spiro atoms. The zero-order valence-electron chi connectivity index (χ0n) is 10.6. The highest BCUT2D eigenvalue weighted by atomic mass is 16.6. The number of rotatable bonds is 4. The predicted octanol–water partition coefficient (Wildman–Crippen LogP) is 3.10. The standard InChI is InChI=1S/C14H15N3O2/c1-10-2-4-11(5-3-10)9-16-12-6-7-13(15)14(8-12)17(18)19/h2-8,16H,9,15H2,1H3. The van der Waals surface area contributed by atoms with Crippen LogP contribution >= 0.6 is 0 Å². The van der Waals surface area contributed by atoms with Gasteiger partial charge in [-0.25, -0.2) is 0 Å². The van der Waals surface area contributed by atoms with Gasteiger partial charge in [-0.3, -0.25) is 10.1 Å². The van der Waals surface area contributed by atoms with E-state index in [0.29, 0.717) is 12.2 Å². The Kier molecular flexibility index (Phi) is 3.66. The van der Waals surface area contributed by atoms with Crippen LogP contribution in [-0.2, 0) is 6.54 Å². The van der Waals surface area contributed by atoms with Gasteiger partial charge in [0.1, 0.15) is 5.69 Å². The first-order valence-corrected chi connectivity index (χ1v) is 5.89. The summed E-state index contributed by atoms with van der Waals surface area (Å²) in [6, 6.07) is 12.8. The third kappa shape index (κ3) is 3.22. The highest BCUT2D eigenvalue weighted by Gasteiger charge is 2.11. The summed E-state index contributed by atoms with van der Waals surface area (Å²) in [5.74, 6) is 0. The van der Waals surface area contributed by atoms with E-state index in [4.69, 9.17) is 5.73 Å². The first-order chi connectivity index (χ1) is 9.06. The Labute approximate surface area is 111 Å². The van der Waals surface area contributed by atoms with Gasteiger partial charge in [0.05, 0.1) is 4.92 Å². The zero-order chi connectivity index (χ0) is 13.8. The smallest absolute Gasteiger partial charge is 0.294 e. The van der Waals surface area contributed by atoms with Crippen molar-refractivity contribution >= 4 is 17.1 Å². The van der Waals surface area contributed by atoms with E-state index in [9.17, 15) is 10.1 Å². The highest BCUT2D eigenvalue weighted by Crippen LogP contribution is 2.25. The van der Waals surface area contributed by atoms with Crippen LogP contribution in [0, 0.1) is 17.0 Å². The summed E-state index contributed by atoms with van der Waals surface area (Å²) in [6.45, 7) is 2.64. The summed E-state index contributed by atoms with van der Waals surface area (Å²) in [5, 5.41) is 13.9. The lowest BCUT2D eigenvalue weighted by Crippen LogP contribution is -2.01. The maximum absolute atomic E-state index is 10.8. The molecule has 5 heteroatoms. The number of anilines is 2. The highest BCUT2D eigenvalue weighted by molar-refractivity contribution is 5.65. The van der Waals surface area contributed by atoms with Crippen LogP contribution in [0.5, 0.6) is 0 Å². The van der Waals surface area contributed by atoms with Gasteiger partial charge in [-0.1, -0.05) is 29.8 Å². The van der Waals surface area contributed by atoms with Gasteiger partial charge in [-0.05, 0) is 24.6 Å². The largest absolute Gasteiger partial charge is 0.393 e. The van der Waals surface area contributed by atoms with Crippen LogP contribution in [0.2, 0.25) is 0 Å². The Hall–Kier alpha value is -2.56. The van der Waals surface area contributed by atoms with Gasteiger partial charge in [0.15, 0.2) is 0 Å². The maximum Gasteiger partial charge on any atom is 0.294 e. The molecule has 0 unspecified atom stereocenters. The van der Waals surface area contributed by atoms with Crippen molar-refractivity contribution in [2.24, 2.45) is 0 Å². The van der Waals surface area contributed by atoms with E-state index in [1.54, 1.807) is 6.07 Å². The van der Waals surface area contributed by atoms with E-state index >= 15 is 0 Å². The number of nitrogen functional groups attached to an aromatic ring is 1. The fraction of sp³-hybridized carbons (Fsp3) is 0.143. The molecular weight excluding hydrogens is 242 g/mol. The average Bonchev–Trinajstić information content (AvgIpc) is 2.39. The number of nitrogens with zero attached hydrogens (tertiary/aromatic N) is 1. The van der Waals surface area contributed by atoms with Gasteiger partial charge in [0, 0.05) is 18.3 Å². The molecule has 0 aliphatic carbocycles. The average molecular weight is 257 g/mol. The van der Waals surface area contributed by atoms with Crippen molar-refractivity contribution in [2.75, 3.05) is 11.1 Å². The second kappa shape index (κ2) is 5.39. The second-order valence-corrected chi connectivity index (χ2v) is 4.37. The molecule has 0 bridgehead atoms. The number of aryl methyl sites for hydroxylation is 1. The summed E-state index contributed by atoms with van der Waals surface area (Å²) in [4.78, 5) is 10.3. The van der Waals surface area contributed by atoms with Crippen LogP contribution in [0.4, 0.5) is 17.1 Å². The molecule has 0 fully saturated rings. The fourth-order valence-corrected chi connectivity index (χ4v) is 1.72. The molecule has 2 rings (SSSR count). The minimum Gasteiger partial charge on any atom is -0.393 e. The Morgan fingerprint density at radius 1 is 1.21 bits per heavy atom. The van der Waals surface area contributed by atoms with Crippen molar-refractivity contribution in [3.8, 4) is 0 Å². The molecule has 0 amide bonds. The van der Waals surface area contributed by atoms with Crippen LogP contribution in [0.25, 0.3) is 0 Å². The summed E-state index contributed by atoms with van der Waals surface area (Å²) in [5.41, 5.74) is 8.64.